The summed E-state index contributed by atoms with van der Waals surface area (Å²) >= 11 is 0. The second-order valence-electron chi connectivity index (χ2n) is 12.2. The summed E-state index contributed by atoms with van der Waals surface area (Å²) in [6.45, 7) is 6.52. The van der Waals surface area contributed by atoms with Crippen molar-refractivity contribution < 1.29 is 14.4 Å². The van der Waals surface area contributed by atoms with Crippen LogP contribution in [0.15, 0.2) is 67.0 Å². The normalized spacial score (nSPS) is 17.3. The molecule has 1 heterocycles. The number of amides is 3. The molecule has 0 spiro atoms. The Labute approximate surface area is 258 Å². The van der Waals surface area contributed by atoms with Gasteiger partial charge in [0.25, 0.3) is 5.91 Å². The summed E-state index contributed by atoms with van der Waals surface area (Å²) in [7, 11) is 0. The van der Waals surface area contributed by atoms with E-state index in [-0.39, 0.29) is 29.7 Å². The molecule has 3 amide bonds. The van der Waals surface area contributed by atoms with Gasteiger partial charge < -0.3 is 26.7 Å². The van der Waals surface area contributed by atoms with Gasteiger partial charge in [-0.3, -0.25) is 14.4 Å². The summed E-state index contributed by atoms with van der Waals surface area (Å²) in [6, 6.07) is 18.5. The number of H-pyrrole nitrogens is 1. The average Bonchev–Trinajstić information content (AvgIpc) is 3.49. The van der Waals surface area contributed by atoms with Crippen molar-refractivity contribution >= 4 is 34.4 Å². The first-order valence-electron chi connectivity index (χ1n) is 15.5. The van der Waals surface area contributed by atoms with Gasteiger partial charge in [-0.15, -0.1) is 0 Å². The maximum Gasteiger partial charge on any atom is 0.251 e. The molecule has 1 aromatic heterocycles. The molecule has 1 fully saturated rings. The summed E-state index contributed by atoms with van der Waals surface area (Å²) < 4.78 is 0. The number of anilines is 1. The smallest absolute Gasteiger partial charge is 0.251 e. The first-order valence-corrected chi connectivity index (χ1v) is 15.5. The molecule has 0 saturated heterocycles. The maximum absolute atomic E-state index is 13.6. The molecule has 230 valence electrons. The van der Waals surface area contributed by atoms with Gasteiger partial charge >= 0.3 is 0 Å². The third-order valence-corrected chi connectivity index (χ3v) is 8.48. The van der Waals surface area contributed by atoms with Gasteiger partial charge in [0.2, 0.25) is 11.8 Å². The van der Waals surface area contributed by atoms with E-state index in [1.165, 1.54) is 0 Å². The van der Waals surface area contributed by atoms with Crippen LogP contribution in [0.2, 0.25) is 0 Å². The molecule has 1 unspecified atom stereocenters. The number of nitrogens with two attached hydrogens (primary N) is 1. The number of imidazole rings is 1. The molecule has 44 heavy (non-hydrogen) atoms. The Balaban J connectivity index is 1.31. The second-order valence-corrected chi connectivity index (χ2v) is 12.2. The number of fused-ring (bicyclic) bond motifs is 1. The van der Waals surface area contributed by atoms with Crippen molar-refractivity contribution in [2.45, 2.75) is 65.0 Å². The molecule has 1 aliphatic carbocycles. The molecule has 0 aliphatic heterocycles. The molecular weight excluding hydrogens is 552 g/mol. The van der Waals surface area contributed by atoms with Crippen LogP contribution in [0, 0.1) is 18.8 Å². The monoisotopic (exact) mass is 594 g/mol. The zero-order chi connectivity index (χ0) is 31.2. The fourth-order valence-electron chi connectivity index (χ4n) is 5.93. The molecule has 5 rings (SSSR count). The summed E-state index contributed by atoms with van der Waals surface area (Å²) in [5.74, 6) is -0.105. The van der Waals surface area contributed by atoms with E-state index in [2.05, 4.69) is 25.9 Å². The second kappa shape index (κ2) is 13.9. The van der Waals surface area contributed by atoms with Gasteiger partial charge in [0.05, 0.1) is 17.4 Å². The Kier molecular flexibility index (Phi) is 9.75. The zero-order valence-electron chi connectivity index (χ0n) is 25.7. The number of benzene rings is 3. The topological polar surface area (TPSA) is 142 Å². The van der Waals surface area contributed by atoms with Crippen molar-refractivity contribution in [3.63, 3.8) is 0 Å². The largest absolute Gasteiger partial charge is 0.350 e. The number of hydrogen-bond acceptors (Lipinski definition) is 5. The fraction of sp³-hybridized carbons (Fsp3) is 0.371. The zero-order valence-corrected chi connectivity index (χ0v) is 25.7. The predicted octanol–water partition coefficient (Wildman–Crippen LogP) is 5.11. The standard InChI is InChI=1S/C35H42N6O3/c1-21(2)39-34(43)27-12-14-29(22(3)16-27)25-8-4-23(5-9-25)17-32(41-33(42)26-10-6-24(19-36)7-11-26)35(44)40-28-13-15-30-31(18-28)38-20-37-30/h4-5,8-9,12-16,18,20-21,24,26,32H,6-7,10-11,17,19,36H2,1-3H3,(H,37,38)(H,39,43)(H,40,44)(H,41,42). The average molecular weight is 595 g/mol. The molecule has 0 radical (unpaired) electrons. The number of aryl methyl sites for hydroxylation is 1. The van der Waals surface area contributed by atoms with Crippen molar-refractivity contribution in [3.05, 3.63) is 83.7 Å². The van der Waals surface area contributed by atoms with E-state index < -0.39 is 6.04 Å². The number of aromatic amines is 1. The van der Waals surface area contributed by atoms with Gasteiger partial charge in [0.15, 0.2) is 0 Å². The Morgan fingerprint density at radius 1 is 0.955 bits per heavy atom. The van der Waals surface area contributed by atoms with Crippen molar-refractivity contribution in [1.82, 2.24) is 20.6 Å². The minimum atomic E-state index is -0.751. The third-order valence-electron chi connectivity index (χ3n) is 8.48. The lowest BCUT2D eigenvalue weighted by molar-refractivity contribution is -0.130. The van der Waals surface area contributed by atoms with E-state index in [0.717, 1.165) is 59.0 Å². The van der Waals surface area contributed by atoms with E-state index in [1.54, 1.807) is 6.33 Å². The van der Waals surface area contributed by atoms with Crippen LogP contribution >= 0.6 is 0 Å². The van der Waals surface area contributed by atoms with Crippen LogP contribution < -0.4 is 21.7 Å². The predicted molar refractivity (Wildman–Crippen MR) is 174 cm³/mol. The Morgan fingerprint density at radius 2 is 1.70 bits per heavy atom. The number of carbonyl (C=O) groups is 3. The molecule has 1 atom stereocenters. The molecule has 0 bridgehead atoms. The molecule has 1 aliphatic rings. The van der Waals surface area contributed by atoms with Crippen LogP contribution in [0.3, 0.4) is 0 Å². The fourth-order valence-corrected chi connectivity index (χ4v) is 5.93. The van der Waals surface area contributed by atoms with Crippen LogP contribution in [0.5, 0.6) is 0 Å². The number of nitrogens with zero attached hydrogens (tertiary/aromatic N) is 1. The van der Waals surface area contributed by atoms with E-state index in [0.29, 0.717) is 30.1 Å². The number of rotatable bonds is 10. The van der Waals surface area contributed by atoms with Crippen molar-refractivity contribution in [2.24, 2.45) is 17.6 Å². The quantitative estimate of drug-likeness (QED) is 0.174. The number of nitrogens with one attached hydrogen (secondary N) is 4. The van der Waals surface area contributed by atoms with Gasteiger partial charge in [-0.05, 0) is 112 Å². The molecule has 3 aromatic carbocycles. The lowest BCUT2D eigenvalue weighted by atomic mass is 9.81. The molecule has 9 heteroatoms. The van der Waals surface area contributed by atoms with Crippen molar-refractivity contribution in [2.75, 3.05) is 11.9 Å². The minimum Gasteiger partial charge on any atom is -0.350 e. The van der Waals surface area contributed by atoms with Crippen molar-refractivity contribution in [3.8, 4) is 11.1 Å². The highest BCUT2D eigenvalue weighted by molar-refractivity contribution is 5.99. The van der Waals surface area contributed by atoms with Gasteiger partial charge in [0.1, 0.15) is 6.04 Å². The molecule has 6 N–H and O–H groups in total. The maximum atomic E-state index is 13.6. The van der Waals surface area contributed by atoms with Crippen LogP contribution in [0.4, 0.5) is 5.69 Å². The number of aromatic nitrogens is 2. The van der Waals surface area contributed by atoms with Crippen LogP contribution in [-0.4, -0.2) is 46.3 Å². The minimum absolute atomic E-state index is 0.0666. The Morgan fingerprint density at radius 3 is 2.39 bits per heavy atom. The van der Waals surface area contributed by atoms with Crippen LogP contribution in [-0.2, 0) is 16.0 Å². The SMILES string of the molecule is Cc1cc(C(=O)NC(C)C)ccc1-c1ccc(CC(NC(=O)C2CCC(CN)CC2)C(=O)Nc2ccc3nc[nH]c3c2)cc1. The van der Waals surface area contributed by atoms with E-state index in [4.69, 9.17) is 5.73 Å². The third kappa shape index (κ3) is 7.52. The first kappa shape index (κ1) is 30.9. The summed E-state index contributed by atoms with van der Waals surface area (Å²) in [4.78, 5) is 46.7. The summed E-state index contributed by atoms with van der Waals surface area (Å²) in [6.07, 6.45) is 5.38. The Hall–Kier alpha value is -4.50. The lowest BCUT2D eigenvalue weighted by Gasteiger charge is -2.28. The van der Waals surface area contributed by atoms with E-state index in [1.807, 2.05) is 81.4 Å². The highest BCUT2D eigenvalue weighted by Crippen LogP contribution is 2.29. The highest BCUT2D eigenvalue weighted by Gasteiger charge is 2.29. The van der Waals surface area contributed by atoms with Gasteiger partial charge in [-0.2, -0.15) is 0 Å². The van der Waals surface area contributed by atoms with Gasteiger partial charge in [-0.25, -0.2) is 4.98 Å². The van der Waals surface area contributed by atoms with Crippen LogP contribution in [0.1, 0.15) is 61.0 Å². The summed E-state index contributed by atoms with van der Waals surface area (Å²) in [5, 5.41) is 8.98. The van der Waals surface area contributed by atoms with Gasteiger partial charge in [-0.1, -0.05) is 30.3 Å². The lowest BCUT2D eigenvalue weighted by Crippen LogP contribution is -2.48. The summed E-state index contributed by atoms with van der Waals surface area (Å²) in [5.41, 5.74) is 12.7. The first-order chi connectivity index (χ1) is 21.2. The van der Waals surface area contributed by atoms with Crippen molar-refractivity contribution in [1.29, 1.82) is 0 Å². The molecule has 9 nitrogen and oxygen atoms in total. The highest BCUT2D eigenvalue weighted by atomic mass is 16.2. The molecule has 4 aromatic rings. The number of hydrogen-bond donors (Lipinski definition) is 5. The molecule has 1 saturated carbocycles. The van der Waals surface area contributed by atoms with E-state index in [9.17, 15) is 14.4 Å². The van der Waals surface area contributed by atoms with E-state index >= 15 is 0 Å². The number of carbonyl (C=O) groups excluding carboxylic acids is 3. The van der Waals surface area contributed by atoms with Gasteiger partial charge in [0, 0.05) is 29.6 Å². The Bertz CT molecular complexity index is 1620. The molecular formula is C35H42N6O3. The van der Waals surface area contributed by atoms with Crippen LogP contribution in [0.25, 0.3) is 22.2 Å².